The number of nitrogens with one attached hydrogen (secondary N) is 1. The van der Waals surface area contributed by atoms with Crippen molar-refractivity contribution in [1.29, 1.82) is 0 Å². The van der Waals surface area contributed by atoms with E-state index in [4.69, 9.17) is 5.73 Å². The zero-order valence-corrected chi connectivity index (χ0v) is 10.7. The Kier molecular flexibility index (Phi) is 3.23. The van der Waals surface area contributed by atoms with Crippen molar-refractivity contribution in [2.45, 2.75) is 26.8 Å². The van der Waals surface area contributed by atoms with Gasteiger partial charge in [0, 0.05) is 11.7 Å². The molecule has 0 saturated carbocycles. The highest BCUT2D eigenvalue weighted by atomic mass is 19.1. The highest BCUT2D eigenvalue weighted by Crippen LogP contribution is 2.28. The van der Waals surface area contributed by atoms with E-state index in [2.05, 4.69) is 10.4 Å². The predicted molar refractivity (Wildman–Crippen MR) is 71.4 cm³/mol. The van der Waals surface area contributed by atoms with Gasteiger partial charge in [0.05, 0.1) is 11.4 Å². The van der Waals surface area contributed by atoms with Crippen LogP contribution in [0.3, 0.4) is 0 Å². The highest BCUT2D eigenvalue weighted by Gasteiger charge is 2.14. The molecule has 0 bridgehead atoms. The molecule has 0 saturated heterocycles. The lowest BCUT2D eigenvalue weighted by atomic mass is 10.3. The Morgan fingerprint density at radius 1 is 1.28 bits per heavy atom. The fourth-order valence-corrected chi connectivity index (χ4v) is 1.73. The predicted octanol–water partition coefficient (Wildman–Crippen LogP) is 3.24. The van der Waals surface area contributed by atoms with E-state index in [1.807, 2.05) is 25.5 Å². The molecule has 0 atom stereocenters. The summed E-state index contributed by atoms with van der Waals surface area (Å²) in [5, 5.41) is 7.56. The molecule has 0 amide bonds. The van der Waals surface area contributed by atoms with Gasteiger partial charge in [-0.25, -0.2) is 9.07 Å². The standard InChI is InChI=1S/C13H17FN4/c1-8(2)18-13(12(15)9(3)17-18)16-11-6-4-10(14)5-7-11/h4-8,16H,15H2,1-3H3. The lowest BCUT2D eigenvalue weighted by Gasteiger charge is -2.13. The van der Waals surface area contributed by atoms with Crippen LogP contribution in [-0.2, 0) is 0 Å². The SMILES string of the molecule is Cc1nn(C(C)C)c(Nc2ccc(F)cc2)c1N. The third kappa shape index (κ3) is 2.30. The molecule has 18 heavy (non-hydrogen) atoms. The number of halogens is 1. The van der Waals surface area contributed by atoms with E-state index in [0.29, 0.717) is 5.69 Å². The van der Waals surface area contributed by atoms with Crippen molar-refractivity contribution >= 4 is 17.2 Å². The van der Waals surface area contributed by atoms with Crippen molar-refractivity contribution in [3.05, 3.63) is 35.8 Å². The number of rotatable bonds is 3. The van der Waals surface area contributed by atoms with Crippen molar-refractivity contribution in [1.82, 2.24) is 9.78 Å². The minimum atomic E-state index is -0.262. The number of benzene rings is 1. The minimum Gasteiger partial charge on any atom is -0.394 e. The molecule has 96 valence electrons. The van der Waals surface area contributed by atoms with Gasteiger partial charge in [0.25, 0.3) is 0 Å². The summed E-state index contributed by atoms with van der Waals surface area (Å²) in [4.78, 5) is 0. The molecule has 5 heteroatoms. The zero-order chi connectivity index (χ0) is 13.3. The van der Waals surface area contributed by atoms with Crippen LogP contribution < -0.4 is 11.1 Å². The average Bonchev–Trinajstić information content (AvgIpc) is 2.60. The maximum absolute atomic E-state index is 12.8. The second kappa shape index (κ2) is 4.68. The number of aryl methyl sites for hydroxylation is 1. The molecular formula is C13H17FN4. The molecule has 2 rings (SSSR count). The third-order valence-electron chi connectivity index (χ3n) is 2.73. The van der Waals surface area contributed by atoms with Crippen molar-refractivity contribution < 1.29 is 4.39 Å². The van der Waals surface area contributed by atoms with Crippen LogP contribution in [0.2, 0.25) is 0 Å². The average molecular weight is 248 g/mol. The van der Waals surface area contributed by atoms with Gasteiger partial charge in [0.1, 0.15) is 5.82 Å². The number of nitrogens with two attached hydrogens (primary N) is 1. The van der Waals surface area contributed by atoms with Gasteiger partial charge in [0.2, 0.25) is 0 Å². The van der Waals surface area contributed by atoms with E-state index in [1.165, 1.54) is 12.1 Å². The molecule has 0 radical (unpaired) electrons. The molecule has 1 aromatic heterocycles. The zero-order valence-electron chi connectivity index (χ0n) is 10.7. The van der Waals surface area contributed by atoms with E-state index in [1.54, 1.807) is 12.1 Å². The van der Waals surface area contributed by atoms with Crippen molar-refractivity contribution in [3.63, 3.8) is 0 Å². The summed E-state index contributed by atoms with van der Waals surface area (Å²) in [5.74, 6) is 0.483. The maximum Gasteiger partial charge on any atom is 0.152 e. The van der Waals surface area contributed by atoms with E-state index < -0.39 is 0 Å². The van der Waals surface area contributed by atoms with Gasteiger partial charge in [-0.05, 0) is 45.0 Å². The largest absolute Gasteiger partial charge is 0.394 e. The van der Waals surface area contributed by atoms with Crippen molar-refractivity contribution in [2.75, 3.05) is 11.1 Å². The Hall–Kier alpha value is -2.04. The van der Waals surface area contributed by atoms with Crippen LogP contribution in [0.25, 0.3) is 0 Å². The number of nitrogens with zero attached hydrogens (tertiary/aromatic N) is 2. The Balaban J connectivity index is 2.36. The van der Waals surface area contributed by atoms with E-state index >= 15 is 0 Å². The Labute approximate surface area is 106 Å². The number of hydrogen-bond acceptors (Lipinski definition) is 3. The monoisotopic (exact) mass is 248 g/mol. The molecule has 4 nitrogen and oxygen atoms in total. The first kappa shape index (κ1) is 12.4. The number of hydrogen-bond donors (Lipinski definition) is 2. The molecule has 1 heterocycles. The molecule has 0 unspecified atom stereocenters. The first-order valence-corrected chi connectivity index (χ1v) is 5.86. The highest BCUT2D eigenvalue weighted by molar-refractivity contribution is 5.71. The lowest BCUT2D eigenvalue weighted by molar-refractivity contribution is 0.536. The van der Waals surface area contributed by atoms with Gasteiger partial charge < -0.3 is 11.1 Å². The lowest BCUT2D eigenvalue weighted by Crippen LogP contribution is -2.08. The second-order valence-electron chi connectivity index (χ2n) is 4.52. The summed E-state index contributed by atoms with van der Waals surface area (Å²) in [7, 11) is 0. The van der Waals surface area contributed by atoms with Gasteiger partial charge in [0.15, 0.2) is 5.82 Å². The van der Waals surface area contributed by atoms with Gasteiger partial charge in [-0.3, -0.25) is 0 Å². The van der Waals surface area contributed by atoms with E-state index in [-0.39, 0.29) is 11.9 Å². The first-order chi connectivity index (χ1) is 8.49. The van der Waals surface area contributed by atoms with Crippen LogP contribution in [0.4, 0.5) is 21.6 Å². The molecule has 0 aliphatic heterocycles. The molecule has 3 N–H and O–H groups in total. The van der Waals surface area contributed by atoms with Gasteiger partial charge in [-0.2, -0.15) is 5.10 Å². The molecule has 1 aromatic carbocycles. The third-order valence-corrected chi connectivity index (χ3v) is 2.73. The minimum absolute atomic E-state index is 0.198. The van der Waals surface area contributed by atoms with Crippen LogP contribution in [0, 0.1) is 12.7 Å². The summed E-state index contributed by atoms with van der Waals surface area (Å²) >= 11 is 0. The quantitative estimate of drug-likeness (QED) is 0.876. The van der Waals surface area contributed by atoms with Crippen LogP contribution in [0.1, 0.15) is 25.6 Å². The summed E-state index contributed by atoms with van der Waals surface area (Å²) in [6, 6.07) is 6.34. The molecule has 0 aliphatic carbocycles. The summed E-state index contributed by atoms with van der Waals surface area (Å²) in [6.45, 7) is 5.92. The summed E-state index contributed by atoms with van der Waals surface area (Å²) in [6.07, 6.45) is 0. The van der Waals surface area contributed by atoms with Crippen LogP contribution in [0.5, 0.6) is 0 Å². The number of anilines is 3. The molecular weight excluding hydrogens is 231 g/mol. The number of nitrogen functional groups attached to an aromatic ring is 1. The fraction of sp³-hybridized carbons (Fsp3) is 0.308. The van der Waals surface area contributed by atoms with E-state index in [9.17, 15) is 4.39 Å². The normalized spacial score (nSPS) is 10.9. The van der Waals surface area contributed by atoms with Crippen molar-refractivity contribution in [3.8, 4) is 0 Å². The Bertz CT molecular complexity index is 543. The molecule has 0 aliphatic rings. The fourth-order valence-electron chi connectivity index (χ4n) is 1.73. The Morgan fingerprint density at radius 2 is 1.89 bits per heavy atom. The van der Waals surface area contributed by atoms with Crippen LogP contribution in [0.15, 0.2) is 24.3 Å². The summed E-state index contributed by atoms with van der Waals surface area (Å²) in [5.41, 5.74) is 8.19. The van der Waals surface area contributed by atoms with Gasteiger partial charge in [-0.15, -0.1) is 0 Å². The second-order valence-corrected chi connectivity index (χ2v) is 4.52. The van der Waals surface area contributed by atoms with E-state index in [0.717, 1.165) is 17.2 Å². The van der Waals surface area contributed by atoms with Crippen molar-refractivity contribution in [2.24, 2.45) is 0 Å². The first-order valence-electron chi connectivity index (χ1n) is 5.86. The Morgan fingerprint density at radius 3 is 2.44 bits per heavy atom. The maximum atomic E-state index is 12.8. The topological polar surface area (TPSA) is 55.9 Å². The molecule has 0 fully saturated rings. The van der Waals surface area contributed by atoms with Gasteiger partial charge in [-0.1, -0.05) is 0 Å². The van der Waals surface area contributed by atoms with Gasteiger partial charge >= 0.3 is 0 Å². The smallest absolute Gasteiger partial charge is 0.152 e. The van der Waals surface area contributed by atoms with Crippen LogP contribution >= 0.6 is 0 Å². The molecule has 0 spiro atoms. The number of aromatic nitrogens is 2. The summed E-state index contributed by atoms with van der Waals surface area (Å²) < 4.78 is 14.7. The van der Waals surface area contributed by atoms with Crippen LogP contribution in [-0.4, -0.2) is 9.78 Å². The molecule has 2 aromatic rings.